The number of hydrogen-bond acceptors (Lipinski definition) is 4. The van der Waals surface area contributed by atoms with Gasteiger partial charge in [0.1, 0.15) is 0 Å². The highest BCUT2D eigenvalue weighted by atomic mass is 35.5. The smallest absolute Gasteiger partial charge is 0.337 e. The van der Waals surface area contributed by atoms with E-state index in [1.54, 1.807) is 0 Å². The third-order valence-electron chi connectivity index (χ3n) is 3.63. The number of benzene rings is 1. The number of halogens is 1. The molecule has 0 aliphatic carbocycles. The fourth-order valence-electron chi connectivity index (χ4n) is 2.25. The minimum Gasteiger partial charge on any atom is -0.481 e. The number of carbonyl (C=O) groups is 2. The Morgan fingerprint density at radius 3 is 2.38 bits per heavy atom. The number of carboxylic acid groups (broad SMARTS) is 2. The van der Waals surface area contributed by atoms with Gasteiger partial charge in [-0.25, -0.2) is 4.79 Å². The number of aryl methyl sites for hydroxylation is 1. The molecule has 0 unspecified atom stereocenters. The number of aliphatic carboxylic acids is 2. The third-order valence-corrected chi connectivity index (χ3v) is 5.25. The highest BCUT2D eigenvalue weighted by molar-refractivity contribution is 7.99. The van der Waals surface area contributed by atoms with Gasteiger partial charge in [-0.2, -0.15) is 11.8 Å². The van der Waals surface area contributed by atoms with Gasteiger partial charge in [0.15, 0.2) is 5.60 Å². The van der Waals surface area contributed by atoms with E-state index in [2.05, 4.69) is 0 Å². The molecule has 0 amide bonds. The molecule has 0 spiro atoms. The molecule has 0 aliphatic rings. The Hall–Kier alpha value is -1.24. The molecule has 3 N–H and O–H groups in total. The molecule has 1 rings (SSSR count). The van der Waals surface area contributed by atoms with Crippen LogP contribution in [0.4, 0.5) is 0 Å². The van der Waals surface area contributed by atoms with Crippen LogP contribution in [0.1, 0.15) is 37.7 Å². The Balaban J connectivity index is 2.14. The van der Waals surface area contributed by atoms with Crippen LogP contribution in [0.25, 0.3) is 0 Å². The van der Waals surface area contributed by atoms with Crippen molar-refractivity contribution in [3.8, 4) is 0 Å². The standard InChI is InChI=1S/C17H23ClO5S/c18-14-9-5-4-8-13(14)7-3-1-2-6-10-24-12-17(23,16(21)22)11-15(19)20/h4-5,8-9,23H,1-3,6-7,10-12H2,(H,19,20)(H,21,22)/t17-/m0/s1. The van der Waals surface area contributed by atoms with E-state index in [0.717, 1.165) is 42.7 Å². The molecule has 7 heteroatoms. The van der Waals surface area contributed by atoms with Crippen molar-refractivity contribution < 1.29 is 24.9 Å². The molecule has 1 aromatic rings. The first kappa shape index (κ1) is 20.8. The van der Waals surface area contributed by atoms with Gasteiger partial charge in [0.25, 0.3) is 0 Å². The topological polar surface area (TPSA) is 94.8 Å². The minimum absolute atomic E-state index is 0.117. The van der Waals surface area contributed by atoms with Crippen molar-refractivity contribution >= 4 is 35.3 Å². The fraction of sp³-hybridized carbons (Fsp3) is 0.529. The maximum Gasteiger partial charge on any atom is 0.337 e. The molecule has 0 aromatic heterocycles. The van der Waals surface area contributed by atoms with Crippen molar-refractivity contribution in [2.45, 2.75) is 44.1 Å². The Morgan fingerprint density at radius 1 is 1.08 bits per heavy atom. The van der Waals surface area contributed by atoms with Crippen molar-refractivity contribution in [1.29, 1.82) is 0 Å². The second kappa shape index (κ2) is 10.6. The van der Waals surface area contributed by atoms with E-state index in [0.29, 0.717) is 5.75 Å². The molecule has 0 fully saturated rings. The number of hydrogen-bond donors (Lipinski definition) is 3. The summed E-state index contributed by atoms with van der Waals surface area (Å²) in [6, 6.07) is 7.78. The first-order valence-electron chi connectivity index (χ1n) is 7.84. The number of aliphatic hydroxyl groups is 1. The van der Waals surface area contributed by atoms with Crippen LogP contribution in [0.2, 0.25) is 5.02 Å². The second-order valence-corrected chi connectivity index (χ2v) is 7.23. The van der Waals surface area contributed by atoms with Crippen LogP contribution in [-0.4, -0.2) is 44.4 Å². The van der Waals surface area contributed by atoms with Crippen LogP contribution in [0.3, 0.4) is 0 Å². The van der Waals surface area contributed by atoms with Gasteiger partial charge in [0.05, 0.1) is 6.42 Å². The molecule has 1 aromatic carbocycles. The van der Waals surface area contributed by atoms with Gasteiger partial charge in [0, 0.05) is 10.8 Å². The summed E-state index contributed by atoms with van der Waals surface area (Å²) in [5.74, 6) is -2.23. The summed E-state index contributed by atoms with van der Waals surface area (Å²) in [5.41, 5.74) is -1.05. The monoisotopic (exact) mass is 374 g/mol. The minimum atomic E-state index is -2.19. The number of rotatable bonds is 12. The number of unbranched alkanes of at least 4 members (excludes halogenated alkanes) is 3. The zero-order valence-corrected chi connectivity index (χ0v) is 15.0. The molecule has 1 atom stereocenters. The molecule has 0 bridgehead atoms. The molecule has 0 radical (unpaired) electrons. The lowest BCUT2D eigenvalue weighted by atomic mass is 10.0. The molecule has 0 heterocycles. The molecule has 5 nitrogen and oxygen atoms in total. The normalized spacial score (nSPS) is 13.4. The molecular formula is C17H23ClO5S. The van der Waals surface area contributed by atoms with Crippen molar-refractivity contribution in [2.24, 2.45) is 0 Å². The SMILES string of the molecule is O=C(O)C[C@](O)(CSCCCCCCc1ccccc1Cl)C(=O)O. The Labute approximate surface area is 151 Å². The summed E-state index contributed by atoms with van der Waals surface area (Å²) in [6.07, 6.45) is 4.13. The van der Waals surface area contributed by atoms with Gasteiger partial charge in [-0.15, -0.1) is 0 Å². The van der Waals surface area contributed by atoms with Gasteiger partial charge in [0.2, 0.25) is 0 Å². The van der Waals surface area contributed by atoms with Crippen LogP contribution < -0.4 is 0 Å². The van der Waals surface area contributed by atoms with Crippen molar-refractivity contribution in [2.75, 3.05) is 11.5 Å². The Morgan fingerprint density at radius 2 is 1.75 bits per heavy atom. The average Bonchev–Trinajstić information content (AvgIpc) is 2.50. The second-order valence-electron chi connectivity index (χ2n) is 5.72. The van der Waals surface area contributed by atoms with Gasteiger partial charge >= 0.3 is 11.9 Å². The van der Waals surface area contributed by atoms with Crippen molar-refractivity contribution in [1.82, 2.24) is 0 Å². The lowest BCUT2D eigenvalue weighted by Gasteiger charge is -2.20. The van der Waals surface area contributed by atoms with Gasteiger partial charge < -0.3 is 15.3 Å². The maximum atomic E-state index is 11.0. The zero-order chi connectivity index (χ0) is 18.0. The number of thioether (sulfide) groups is 1. The molecule has 134 valence electrons. The van der Waals surface area contributed by atoms with Crippen LogP contribution in [0.15, 0.2) is 24.3 Å². The zero-order valence-electron chi connectivity index (χ0n) is 13.4. The van der Waals surface area contributed by atoms with E-state index < -0.39 is 24.0 Å². The highest BCUT2D eigenvalue weighted by Gasteiger charge is 2.38. The van der Waals surface area contributed by atoms with E-state index in [-0.39, 0.29) is 5.75 Å². The summed E-state index contributed by atoms with van der Waals surface area (Å²) in [7, 11) is 0. The largest absolute Gasteiger partial charge is 0.481 e. The maximum absolute atomic E-state index is 11.0. The molecule has 0 aliphatic heterocycles. The predicted molar refractivity (Wildman–Crippen MR) is 95.8 cm³/mol. The summed E-state index contributed by atoms with van der Waals surface area (Å²) >= 11 is 7.37. The fourth-order valence-corrected chi connectivity index (χ4v) is 3.60. The Bertz CT molecular complexity index is 552. The molecule has 0 saturated heterocycles. The summed E-state index contributed by atoms with van der Waals surface area (Å²) < 4.78 is 0. The predicted octanol–water partition coefficient (Wildman–Crippen LogP) is 3.47. The molecular weight excluding hydrogens is 352 g/mol. The summed E-state index contributed by atoms with van der Waals surface area (Å²) in [6.45, 7) is 0. The van der Waals surface area contributed by atoms with E-state index in [1.807, 2.05) is 24.3 Å². The van der Waals surface area contributed by atoms with Crippen molar-refractivity contribution in [3.05, 3.63) is 34.9 Å². The summed E-state index contributed by atoms with van der Waals surface area (Å²) in [5, 5.41) is 28.2. The molecule has 0 saturated carbocycles. The van der Waals surface area contributed by atoms with Crippen LogP contribution >= 0.6 is 23.4 Å². The van der Waals surface area contributed by atoms with Gasteiger partial charge in [-0.1, -0.05) is 42.6 Å². The van der Waals surface area contributed by atoms with Crippen LogP contribution in [0.5, 0.6) is 0 Å². The van der Waals surface area contributed by atoms with Gasteiger partial charge in [-0.05, 0) is 36.6 Å². The molecule has 24 heavy (non-hydrogen) atoms. The van der Waals surface area contributed by atoms with Gasteiger partial charge in [-0.3, -0.25) is 4.79 Å². The van der Waals surface area contributed by atoms with Crippen LogP contribution in [0, 0.1) is 0 Å². The first-order valence-corrected chi connectivity index (χ1v) is 9.37. The Kier molecular flexibility index (Phi) is 9.18. The van der Waals surface area contributed by atoms with Crippen LogP contribution in [-0.2, 0) is 16.0 Å². The first-order chi connectivity index (χ1) is 11.3. The lowest BCUT2D eigenvalue weighted by molar-refractivity contribution is -0.162. The van der Waals surface area contributed by atoms with E-state index in [9.17, 15) is 14.7 Å². The average molecular weight is 375 g/mol. The van der Waals surface area contributed by atoms with Crippen molar-refractivity contribution in [3.63, 3.8) is 0 Å². The van der Waals surface area contributed by atoms with E-state index in [4.69, 9.17) is 21.8 Å². The quantitative estimate of drug-likeness (QED) is 0.485. The highest BCUT2D eigenvalue weighted by Crippen LogP contribution is 2.21. The lowest BCUT2D eigenvalue weighted by Crippen LogP contribution is -2.43. The number of carboxylic acids is 2. The van der Waals surface area contributed by atoms with E-state index >= 15 is 0 Å². The summed E-state index contributed by atoms with van der Waals surface area (Å²) in [4.78, 5) is 21.6. The van der Waals surface area contributed by atoms with E-state index in [1.165, 1.54) is 11.8 Å². The third kappa shape index (κ3) is 7.55.